The van der Waals surface area contributed by atoms with Crippen LogP contribution in [0.1, 0.15) is 135 Å². The van der Waals surface area contributed by atoms with Crippen LogP contribution in [0.5, 0.6) is 0 Å². The zero-order chi connectivity index (χ0) is 46.8. The summed E-state index contributed by atoms with van der Waals surface area (Å²) >= 11 is 3.48. The van der Waals surface area contributed by atoms with Crippen molar-refractivity contribution in [2.45, 2.75) is 130 Å². The van der Waals surface area contributed by atoms with Crippen molar-refractivity contribution in [1.82, 2.24) is 48.5 Å². The Hall–Kier alpha value is -5.78. The molecule has 4 aromatic heterocycles. The van der Waals surface area contributed by atoms with E-state index in [-0.39, 0.29) is 37.8 Å². The van der Waals surface area contributed by atoms with Crippen molar-refractivity contribution in [2.24, 2.45) is 14.1 Å². The molecule has 12 rings (SSSR count). The van der Waals surface area contributed by atoms with Gasteiger partial charge < -0.3 is 23.8 Å². The summed E-state index contributed by atoms with van der Waals surface area (Å²) in [5, 5.41) is 8.25. The molecule has 0 spiro atoms. The Labute approximate surface area is 409 Å². The first-order valence-corrected chi connectivity index (χ1v) is 24.0. The lowest BCUT2D eigenvalue weighted by molar-refractivity contribution is -0.133. The van der Waals surface area contributed by atoms with Gasteiger partial charge in [-0.25, -0.2) is 27.5 Å². The molecule has 0 radical (unpaired) electrons. The molecule has 0 bridgehead atoms. The second kappa shape index (κ2) is 19.9. The van der Waals surface area contributed by atoms with Gasteiger partial charge in [0.15, 0.2) is 5.82 Å². The maximum Gasteiger partial charge on any atom is 0.264 e. The largest absolute Gasteiger partial charge is 0.338 e. The number of amides is 2. The van der Waals surface area contributed by atoms with E-state index < -0.39 is 12.9 Å². The highest BCUT2D eigenvalue weighted by atomic mass is 79.9. The van der Waals surface area contributed by atoms with Crippen molar-refractivity contribution in [3.8, 4) is 22.3 Å². The highest BCUT2D eigenvalue weighted by Gasteiger charge is 2.38. The Kier molecular flexibility index (Phi) is 14.3. The molecular formula is C51H62BrF4N11O2. The molecule has 18 heteroatoms. The Morgan fingerprint density at radius 1 is 0.609 bits per heavy atom. The predicted molar refractivity (Wildman–Crippen MR) is 262 cm³/mol. The molecule has 0 atom stereocenters. The zero-order valence-corrected chi connectivity index (χ0v) is 39.7. The summed E-state index contributed by atoms with van der Waals surface area (Å²) in [6, 6.07) is 7.18. The number of imidazole rings is 2. The number of halogens is 5. The lowest BCUT2D eigenvalue weighted by Crippen LogP contribution is -2.37. The monoisotopic (exact) mass is 1020 g/mol. The lowest BCUT2D eigenvalue weighted by Gasteiger charge is -2.33. The molecule has 368 valence electrons. The first-order chi connectivity index (χ1) is 32.2. The second-order valence-electron chi connectivity index (χ2n) is 18.8. The van der Waals surface area contributed by atoms with Crippen molar-refractivity contribution in [3.63, 3.8) is 0 Å². The van der Waals surface area contributed by atoms with Crippen LogP contribution in [0.15, 0.2) is 53.7 Å². The van der Waals surface area contributed by atoms with E-state index in [4.69, 9.17) is 4.98 Å². The summed E-state index contributed by atoms with van der Waals surface area (Å²) in [6.45, 7) is 2.62. The second-order valence-corrected chi connectivity index (χ2v) is 19.6. The molecule has 0 saturated heterocycles. The molecule has 0 N–H and O–H groups in total. The minimum Gasteiger partial charge on any atom is -0.338 e. The summed E-state index contributed by atoms with van der Waals surface area (Å²) in [4.78, 5) is 39.1. The third kappa shape index (κ3) is 9.87. The van der Waals surface area contributed by atoms with Gasteiger partial charge in [0.25, 0.3) is 12.9 Å². The highest BCUT2D eigenvalue weighted by Crippen LogP contribution is 2.46. The molecule has 7 heterocycles. The topological polar surface area (TPSA) is 115 Å². The third-order valence-corrected chi connectivity index (χ3v) is 14.5. The van der Waals surface area contributed by atoms with E-state index in [1.54, 1.807) is 77.2 Å². The first kappa shape index (κ1) is 49.6. The fraction of sp³-hybridized carbons (Fsp3) is 0.490. The summed E-state index contributed by atoms with van der Waals surface area (Å²) < 4.78 is 63.3. The van der Waals surface area contributed by atoms with Gasteiger partial charge in [-0.1, -0.05) is 20.9 Å². The normalized spacial score (nSPS) is 17.2. The Balaban J connectivity index is 0.000000151. The van der Waals surface area contributed by atoms with Crippen LogP contribution in [0.25, 0.3) is 22.3 Å². The number of aryl methyl sites for hydroxylation is 5. The van der Waals surface area contributed by atoms with Gasteiger partial charge in [-0.05, 0) is 126 Å². The number of rotatable bonds is 7. The fourth-order valence-corrected chi connectivity index (χ4v) is 10.5. The van der Waals surface area contributed by atoms with Crippen LogP contribution in [0, 0.1) is 0 Å². The number of likely N-dealkylation sites (N-methyl/N-ethyl adjacent to an activating group) is 2. The Morgan fingerprint density at radius 3 is 1.61 bits per heavy atom. The number of hydrogen-bond acceptors (Lipinski definition) is 7. The third-order valence-electron chi connectivity index (χ3n) is 13.9. The molecule has 2 fully saturated rings. The molecule has 0 unspecified atom stereocenters. The SMILES string of the molecule is C.C.CN1Cc2c(Br)nc(C3CC3)n2CC1=O.CN1Cc2c(N3CCCc4cc(-c5cnn(C)c5)c(C(F)F)cc43)nc(C3CC3)n2CC1=O.Cn1cc(-c2cc3c(cc2C(F)F)CCCC3)cn1. The van der Waals surface area contributed by atoms with Gasteiger partial charge in [0.2, 0.25) is 11.8 Å². The van der Waals surface area contributed by atoms with Gasteiger partial charge in [-0.15, -0.1) is 0 Å². The molecular weight excluding hydrogens is 955 g/mol. The number of hydrogen-bond donors (Lipinski definition) is 0. The molecule has 2 saturated carbocycles. The average molecular weight is 1020 g/mol. The molecule has 6 aromatic rings. The van der Waals surface area contributed by atoms with Gasteiger partial charge >= 0.3 is 0 Å². The molecule has 2 aromatic carbocycles. The Morgan fingerprint density at radius 2 is 1.09 bits per heavy atom. The quantitative estimate of drug-likeness (QED) is 0.146. The Bertz CT molecular complexity index is 2870. The molecule has 3 aliphatic carbocycles. The minimum absolute atomic E-state index is 0. The van der Waals surface area contributed by atoms with E-state index in [2.05, 4.69) is 45.1 Å². The van der Waals surface area contributed by atoms with Crippen molar-refractivity contribution >= 4 is 39.2 Å². The van der Waals surface area contributed by atoms with Crippen LogP contribution in [0.2, 0.25) is 0 Å². The standard InChI is InChI=1S/C24H26F2N6O.C15H16F2N2.C10H12BrN3O.2CH4/c1-29-12-20-24(28-23(14-5-6-14)32(20)13-21(29)33)31-7-3-4-15-8-17(16-10-27-30(2)11-16)18(22(25)26)9-19(15)31;1-19-9-12(8-18-19)13-6-10-4-2-3-5-11(10)7-14(13)15(16)17;1-13-4-7-9(11)12-10(6-2-3-6)14(7)5-8(13)15;;/h8-11,14,22H,3-7,12-13H2,1-2H3;6-9,15H,2-5H2,1H3;6H,2-5H2,1H3;2*1H4. The van der Waals surface area contributed by atoms with Gasteiger partial charge in [0.1, 0.15) is 29.3 Å². The highest BCUT2D eigenvalue weighted by molar-refractivity contribution is 9.10. The molecule has 6 aliphatic rings. The van der Waals surface area contributed by atoms with Crippen LogP contribution in [-0.2, 0) is 69.1 Å². The predicted octanol–water partition coefficient (Wildman–Crippen LogP) is 10.8. The lowest BCUT2D eigenvalue weighted by atomic mass is 9.87. The van der Waals surface area contributed by atoms with E-state index >= 15 is 0 Å². The van der Waals surface area contributed by atoms with E-state index in [0.29, 0.717) is 61.2 Å². The molecule has 69 heavy (non-hydrogen) atoms. The van der Waals surface area contributed by atoms with Crippen molar-refractivity contribution in [1.29, 1.82) is 0 Å². The molecule has 3 aliphatic heterocycles. The summed E-state index contributed by atoms with van der Waals surface area (Å²) in [7, 11) is 7.22. The summed E-state index contributed by atoms with van der Waals surface area (Å²) in [5.74, 6) is 4.11. The van der Waals surface area contributed by atoms with E-state index in [1.165, 1.54) is 18.4 Å². The van der Waals surface area contributed by atoms with Gasteiger partial charge in [0.05, 0.1) is 36.9 Å². The van der Waals surface area contributed by atoms with Crippen LogP contribution in [0.4, 0.5) is 29.1 Å². The number of aromatic nitrogens is 8. The van der Waals surface area contributed by atoms with Gasteiger partial charge in [-0.3, -0.25) is 19.0 Å². The fourth-order valence-electron chi connectivity index (χ4n) is 9.94. The van der Waals surface area contributed by atoms with Crippen LogP contribution >= 0.6 is 15.9 Å². The van der Waals surface area contributed by atoms with E-state index in [9.17, 15) is 27.2 Å². The summed E-state index contributed by atoms with van der Waals surface area (Å²) in [5.41, 5.74) is 9.06. The zero-order valence-electron chi connectivity index (χ0n) is 38.2. The summed E-state index contributed by atoms with van der Waals surface area (Å²) in [6.07, 6.45) is 12.3. The van der Waals surface area contributed by atoms with Crippen LogP contribution in [-0.4, -0.2) is 80.9 Å². The maximum absolute atomic E-state index is 14.2. The van der Waals surface area contributed by atoms with Crippen molar-refractivity contribution in [2.75, 3.05) is 25.5 Å². The number of carbonyl (C=O) groups is 2. The minimum atomic E-state index is -2.60. The van der Waals surface area contributed by atoms with Crippen molar-refractivity contribution in [3.05, 3.63) is 105 Å². The number of alkyl halides is 4. The molecule has 2 amide bonds. The van der Waals surface area contributed by atoms with E-state index in [0.717, 1.165) is 107 Å². The smallest absolute Gasteiger partial charge is 0.264 e. The number of fused-ring (bicyclic) bond motifs is 4. The van der Waals surface area contributed by atoms with Crippen molar-refractivity contribution < 1.29 is 27.2 Å². The van der Waals surface area contributed by atoms with Crippen LogP contribution < -0.4 is 4.90 Å². The number of carbonyl (C=O) groups excluding carboxylic acids is 2. The van der Waals surface area contributed by atoms with Crippen LogP contribution in [0.3, 0.4) is 0 Å². The first-order valence-electron chi connectivity index (χ1n) is 23.2. The average Bonchev–Trinajstić information content (AvgIpc) is 4.20. The number of benzene rings is 2. The van der Waals surface area contributed by atoms with Gasteiger partial charge in [0, 0.05) is 86.9 Å². The maximum atomic E-state index is 14.2. The number of anilines is 2. The van der Waals surface area contributed by atoms with Gasteiger partial charge in [-0.2, -0.15) is 10.2 Å². The number of nitrogens with zero attached hydrogens (tertiary/aromatic N) is 11. The molecule has 13 nitrogen and oxygen atoms in total. The van der Waals surface area contributed by atoms with E-state index in [1.807, 2.05) is 19.2 Å².